The zero-order chi connectivity index (χ0) is 18.1. The number of aliphatic carboxylic acids is 1. The molecule has 0 aromatic carbocycles. The smallest absolute Gasteiger partial charge is 0.334 e. The van der Waals surface area contributed by atoms with Gasteiger partial charge >= 0.3 is 5.97 Å². The van der Waals surface area contributed by atoms with Gasteiger partial charge in [0.2, 0.25) is 5.89 Å². The van der Waals surface area contributed by atoms with Crippen molar-refractivity contribution in [2.45, 2.75) is 44.1 Å². The molecule has 0 spiro atoms. The van der Waals surface area contributed by atoms with Crippen LogP contribution in [0.4, 0.5) is 0 Å². The van der Waals surface area contributed by atoms with Gasteiger partial charge in [0.1, 0.15) is 0 Å². The second-order valence-electron chi connectivity index (χ2n) is 6.00. The van der Waals surface area contributed by atoms with Crippen molar-refractivity contribution in [2.75, 3.05) is 0 Å². The van der Waals surface area contributed by atoms with Gasteiger partial charge in [-0.1, -0.05) is 31.7 Å². The van der Waals surface area contributed by atoms with E-state index >= 15 is 0 Å². The number of dihydropyridines is 1. The van der Waals surface area contributed by atoms with E-state index in [1.807, 2.05) is 38.3 Å². The van der Waals surface area contributed by atoms with Crippen LogP contribution in [0.1, 0.15) is 44.4 Å². The summed E-state index contributed by atoms with van der Waals surface area (Å²) in [7, 11) is 0. The average molecular weight is 377 g/mol. The second kappa shape index (κ2) is 7.05. The number of carboxylic acid groups (broad SMARTS) is 1. The second-order valence-corrected chi connectivity index (χ2v) is 8.50. The number of allylic oxidation sites excluding steroid dienone is 3. The molecule has 3 heterocycles. The Hall–Kier alpha value is -2.06. The molecule has 132 valence electrons. The average Bonchev–Trinajstić information content (AvgIpc) is 3.16. The molecule has 1 aliphatic rings. The minimum atomic E-state index is -0.954. The Morgan fingerprint density at radius 3 is 2.72 bits per heavy atom. The number of hydrogen-bond donors (Lipinski definition) is 2. The number of nitrogens with one attached hydrogen (secondary N) is 1. The molecule has 0 bridgehead atoms. The summed E-state index contributed by atoms with van der Waals surface area (Å²) in [5.41, 5.74) is 2.47. The van der Waals surface area contributed by atoms with Crippen molar-refractivity contribution in [1.82, 2.24) is 15.5 Å². The van der Waals surface area contributed by atoms with E-state index in [4.69, 9.17) is 4.42 Å². The van der Waals surface area contributed by atoms with E-state index in [2.05, 4.69) is 15.5 Å². The first-order valence-electron chi connectivity index (χ1n) is 7.84. The molecule has 1 unspecified atom stereocenters. The molecule has 0 fully saturated rings. The molecule has 1 atom stereocenters. The Kier molecular flexibility index (Phi) is 5.01. The first-order chi connectivity index (χ1) is 11.9. The zero-order valence-corrected chi connectivity index (χ0v) is 16.0. The quantitative estimate of drug-likeness (QED) is 0.758. The number of aromatic nitrogens is 2. The monoisotopic (exact) mass is 377 g/mol. The number of hydrogen-bond acceptors (Lipinski definition) is 7. The number of carbonyl (C=O) groups is 1. The SMILES string of the molecule is CC1=C(C(=O)O)C(c2cccs2)C(c2nnc(SC(C)C)o2)=C(C)N1. The van der Waals surface area contributed by atoms with Crippen LogP contribution < -0.4 is 5.32 Å². The van der Waals surface area contributed by atoms with Crippen molar-refractivity contribution >= 4 is 34.6 Å². The minimum Gasteiger partial charge on any atom is -0.478 e. The Morgan fingerprint density at radius 2 is 2.12 bits per heavy atom. The maximum atomic E-state index is 11.9. The van der Waals surface area contributed by atoms with Gasteiger partial charge in [-0.3, -0.25) is 0 Å². The van der Waals surface area contributed by atoms with Crippen molar-refractivity contribution in [2.24, 2.45) is 0 Å². The van der Waals surface area contributed by atoms with Gasteiger partial charge in [-0.15, -0.1) is 21.5 Å². The Bertz CT molecular complexity index is 850. The van der Waals surface area contributed by atoms with Crippen molar-refractivity contribution < 1.29 is 14.3 Å². The largest absolute Gasteiger partial charge is 0.478 e. The summed E-state index contributed by atoms with van der Waals surface area (Å²) in [4.78, 5) is 12.9. The summed E-state index contributed by atoms with van der Waals surface area (Å²) in [5.74, 6) is -1.03. The fourth-order valence-electron chi connectivity index (χ4n) is 2.87. The van der Waals surface area contributed by atoms with Crippen molar-refractivity contribution in [1.29, 1.82) is 0 Å². The number of thiophene rings is 1. The van der Waals surface area contributed by atoms with Crippen molar-refractivity contribution in [3.63, 3.8) is 0 Å². The molecule has 1 aliphatic heterocycles. The summed E-state index contributed by atoms with van der Waals surface area (Å²) in [5, 5.41) is 23.9. The summed E-state index contributed by atoms with van der Waals surface area (Å²) >= 11 is 3.00. The number of nitrogens with zero attached hydrogens (tertiary/aromatic N) is 2. The molecule has 0 amide bonds. The molecule has 0 saturated heterocycles. The molecule has 2 aromatic heterocycles. The summed E-state index contributed by atoms with van der Waals surface area (Å²) < 4.78 is 5.83. The van der Waals surface area contributed by atoms with Gasteiger partial charge in [0.25, 0.3) is 5.22 Å². The normalized spacial score (nSPS) is 18.0. The number of thioether (sulfide) groups is 1. The van der Waals surface area contributed by atoms with Gasteiger partial charge in [0.05, 0.1) is 11.5 Å². The lowest BCUT2D eigenvalue weighted by atomic mass is 9.84. The highest BCUT2D eigenvalue weighted by Gasteiger charge is 2.36. The van der Waals surface area contributed by atoms with Crippen LogP contribution in [-0.2, 0) is 4.79 Å². The Balaban J connectivity index is 2.11. The van der Waals surface area contributed by atoms with Crippen molar-refractivity contribution in [3.8, 4) is 0 Å². The van der Waals surface area contributed by atoms with Crippen LogP contribution in [0.3, 0.4) is 0 Å². The van der Waals surface area contributed by atoms with Gasteiger partial charge in [0.15, 0.2) is 0 Å². The third-order valence-electron chi connectivity index (χ3n) is 3.79. The van der Waals surface area contributed by atoms with Crippen LogP contribution in [0.5, 0.6) is 0 Å². The fraction of sp³-hybridized carbons (Fsp3) is 0.353. The van der Waals surface area contributed by atoms with Gasteiger partial charge in [-0.2, -0.15) is 0 Å². The predicted molar refractivity (Wildman–Crippen MR) is 98.4 cm³/mol. The minimum absolute atomic E-state index is 0.305. The first kappa shape index (κ1) is 17.8. The van der Waals surface area contributed by atoms with Crippen LogP contribution in [0, 0.1) is 0 Å². The van der Waals surface area contributed by atoms with Gasteiger partial charge in [0, 0.05) is 27.1 Å². The first-order valence-corrected chi connectivity index (χ1v) is 9.60. The maximum absolute atomic E-state index is 11.9. The van der Waals surface area contributed by atoms with Crippen LogP contribution in [0.25, 0.3) is 5.57 Å². The lowest BCUT2D eigenvalue weighted by Gasteiger charge is -2.28. The lowest BCUT2D eigenvalue weighted by Crippen LogP contribution is -2.27. The molecule has 2 aromatic rings. The standard InChI is InChI=1S/C17H19N3O3S2/c1-8(2)25-17-20-19-15(23-17)12-9(3)18-10(4)13(16(21)22)14(12)11-6-5-7-24-11/h5-8,14,18H,1-4H3,(H,21,22). The molecule has 0 aliphatic carbocycles. The Labute approximate surface area is 154 Å². The number of carboxylic acids is 1. The van der Waals surface area contributed by atoms with E-state index in [0.29, 0.717) is 33.2 Å². The van der Waals surface area contributed by atoms with Crippen LogP contribution >= 0.6 is 23.1 Å². The molecule has 0 saturated carbocycles. The lowest BCUT2D eigenvalue weighted by molar-refractivity contribution is -0.132. The summed E-state index contributed by atoms with van der Waals surface area (Å²) in [6.07, 6.45) is 0. The highest BCUT2D eigenvalue weighted by atomic mass is 32.2. The van der Waals surface area contributed by atoms with E-state index in [9.17, 15) is 9.90 Å². The fourth-order valence-corrected chi connectivity index (χ4v) is 4.33. The van der Waals surface area contributed by atoms with Gasteiger partial charge in [-0.05, 0) is 25.3 Å². The van der Waals surface area contributed by atoms with Crippen LogP contribution in [0.15, 0.2) is 44.1 Å². The van der Waals surface area contributed by atoms with Crippen molar-refractivity contribution in [3.05, 3.63) is 45.2 Å². The zero-order valence-electron chi connectivity index (χ0n) is 14.4. The molecule has 6 nitrogen and oxygen atoms in total. The molecule has 8 heteroatoms. The third kappa shape index (κ3) is 3.50. The summed E-state index contributed by atoms with van der Waals surface area (Å²) in [6, 6.07) is 3.85. The molecule has 0 radical (unpaired) electrons. The van der Waals surface area contributed by atoms with E-state index in [1.54, 1.807) is 6.92 Å². The predicted octanol–water partition coefficient (Wildman–Crippen LogP) is 4.11. The molecule has 25 heavy (non-hydrogen) atoms. The van der Waals surface area contributed by atoms with E-state index < -0.39 is 11.9 Å². The Morgan fingerprint density at radius 1 is 1.36 bits per heavy atom. The van der Waals surface area contributed by atoms with Crippen LogP contribution in [-0.4, -0.2) is 26.5 Å². The highest BCUT2D eigenvalue weighted by molar-refractivity contribution is 7.99. The van der Waals surface area contributed by atoms with E-state index in [1.165, 1.54) is 23.1 Å². The van der Waals surface area contributed by atoms with E-state index in [-0.39, 0.29) is 0 Å². The number of rotatable bonds is 5. The van der Waals surface area contributed by atoms with Gasteiger partial charge < -0.3 is 14.8 Å². The third-order valence-corrected chi connectivity index (χ3v) is 5.57. The topological polar surface area (TPSA) is 88.2 Å². The summed E-state index contributed by atoms with van der Waals surface area (Å²) in [6.45, 7) is 7.77. The molecule has 2 N–H and O–H groups in total. The maximum Gasteiger partial charge on any atom is 0.334 e. The van der Waals surface area contributed by atoms with Crippen LogP contribution in [0.2, 0.25) is 0 Å². The molecular weight excluding hydrogens is 358 g/mol. The van der Waals surface area contributed by atoms with E-state index in [0.717, 1.165) is 10.6 Å². The highest BCUT2D eigenvalue weighted by Crippen LogP contribution is 2.44. The van der Waals surface area contributed by atoms with Gasteiger partial charge in [-0.25, -0.2) is 4.79 Å². The molecular formula is C17H19N3O3S2. The molecule has 3 rings (SSSR count).